The van der Waals surface area contributed by atoms with Crippen molar-refractivity contribution >= 4 is 75.4 Å². The zero-order valence-electron chi connectivity index (χ0n) is 30.4. The van der Waals surface area contributed by atoms with Crippen LogP contribution in [0.2, 0.25) is 0 Å². The van der Waals surface area contributed by atoms with Gasteiger partial charge < -0.3 is 0 Å². The first-order valence-electron chi connectivity index (χ1n) is 19.2. The maximum Gasteiger partial charge on any atom is 0.0892 e. The van der Waals surface area contributed by atoms with Crippen molar-refractivity contribution in [3.8, 4) is 44.8 Å². The summed E-state index contributed by atoms with van der Waals surface area (Å²) in [6.07, 6.45) is 3.67. The Balaban J connectivity index is 1.06. The molecule has 0 fully saturated rings. The summed E-state index contributed by atoms with van der Waals surface area (Å²) in [5.74, 6) is 0. The molecule has 1 aromatic heterocycles. The second-order valence-electron chi connectivity index (χ2n) is 14.9. The van der Waals surface area contributed by atoms with E-state index in [1.54, 1.807) is 0 Å². The van der Waals surface area contributed by atoms with Crippen molar-refractivity contribution in [2.45, 2.75) is 0 Å². The van der Waals surface area contributed by atoms with Gasteiger partial charge in [-0.05, 0) is 110 Å². The van der Waals surface area contributed by atoms with Crippen LogP contribution in [0.5, 0.6) is 0 Å². The summed E-state index contributed by atoms with van der Waals surface area (Å²) in [6.45, 7) is 0. The molecule has 2 nitrogen and oxygen atoms in total. The Bertz CT molecular complexity index is 3510. The number of rotatable bonds is 4. The normalized spacial score (nSPS) is 11.9. The molecule has 0 spiro atoms. The number of fused-ring (bicyclic) bond motifs is 3. The molecule has 258 valence electrons. The Morgan fingerprint density at radius 3 is 1.30 bits per heavy atom. The molecule has 0 bridgehead atoms. The molecule has 0 unspecified atom stereocenters. The van der Waals surface area contributed by atoms with Crippen molar-refractivity contribution in [1.29, 1.82) is 0 Å². The lowest BCUT2D eigenvalue weighted by Crippen LogP contribution is -1.91. The molecule has 0 aliphatic heterocycles. The summed E-state index contributed by atoms with van der Waals surface area (Å²) in [5, 5.41) is 18.0. The van der Waals surface area contributed by atoms with E-state index in [9.17, 15) is 0 Å². The van der Waals surface area contributed by atoms with E-state index in [4.69, 9.17) is 4.98 Å². The van der Waals surface area contributed by atoms with Gasteiger partial charge in [0.25, 0.3) is 0 Å². The molecule has 0 radical (unpaired) electrons. The summed E-state index contributed by atoms with van der Waals surface area (Å²) < 4.78 is 0. The fourth-order valence-electron chi connectivity index (χ4n) is 9.32. The van der Waals surface area contributed by atoms with Gasteiger partial charge in [-0.15, -0.1) is 0 Å². The van der Waals surface area contributed by atoms with Gasteiger partial charge in [0.05, 0.1) is 23.8 Å². The fraction of sp³-hybridized carbons (Fsp3) is 0. The third kappa shape index (κ3) is 4.63. The van der Waals surface area contributed by atoms with Crippen LogP contribution < -0.4 is 0 Å². The predicted octanol–water partition coefficient (Wildman–Crippen LogP) is 14.7. The highest BCUT2D eigenvalue weighted by atomic mass is 14.8. The Labute approximate surface area is 323 Å². The molecule has 12 aromatic rings. The molecule has 0 aliphatic rings. The highest BCUT2D eigenvalue weighted by Crippen LogP contribution is 2.45. The van der Waals surface area contributed by atoms with Crippen LogP contribution in [0.1, 0.15) is 0 Å². The van der Waals surface area contributed by atoms with E-state index in [-0.39, 0.29) is 0 Å². The number of hydrogen-bond donors (Lipinski definition) is 0. The molecule has 0 atom stereocenters. The van der Waals surface area contributed by atoms with Crippen molar-refractivity contribution in [3.05, 3.63) is 194 Å². The van der Waals surface area contributed by atoms with Crippen LogP contribution >= 0.6 is 0 Å². The standard InChI is InChI=1S/C54H32N2/c1-2-9-34(10-3-1)49-31-55-32-50(56-49)35-21-19-33(20-22-35)41-27-28-42(44-15-5-4-14-43(41)44)40-29-39-26-25-38-12-7-17-46-45-16-6-11-36-23-24-37-13-8-18-47(53(37)51(36)45)48(30-40)54(39)52(38)46/h1-32H. The van der Waals surface area contributed by atoms with E-state index in [0.717, 1.165) is 22.5 Å². The van der Waals surface area contributed by atoms with Crippen LogP contribution in [0.15, 0.2) is 194 Å². The first-order chi connectivity index (χ1) is 27.8. The Morgan fingerprint density at radius 2 is 0.714 bits per heavy atom. The first kappa shape index (κ1) is 31.0. The van der Waals surface area contributed by atoms with Crippen LogP contribution in [0.4, 0.5) is 0 Å². The minimum absolute atomic E-state index is 0.861. The van der Waals surface area contributed by atoms with Gasteiger partial charge in [-0.3, -0.25) is 4.98 Å². The molecule has 0 N–H and O–H groups in total. The van der Waals surface area contributed by atoms with Gasteiger partial charge in [0.1, 0.15) is 0 Å². The van der Waals surface area contributed by atoms with Crippen molar-refractivity contribution in [2.24, 2.45) is 0 Å². The van der Waals surface area contributed by atoms with Gasteiger partial charge in [-0.1, -0.05) is 170 Å². The summed E-state index contributed by atoms with van der Waals surface area (Å²) in [7, 11) is 0. The smallest absolute Gasteiger partial charge is 0.0892 e. The van der Waals surface area contributed by atoms with Crippen LogP contribution in [-0.2, 0) is 0 Å². The molecule has 0 saturated heterocycles. The highest BCUT2D eigenvalue weighted by Gasteiger charge is 2.18. The van der Waals surface area contributed by atoms with Crippen LogP contribution in [0.3, 0.4) is 0 Å². The van der Waals surface area contributed by atoms with E-state index in [1.807, 2.05) is 30.6 Å². The van der Waals surface area contributed by atoms with Gasteiger partial charge in [-0.25, -0.2) is 4.98 Å². The van der Waals surface area contributed by atoms with Crippen LogP contribution in [-0.4, -0.2) is 9.97 Å². The van der Waals surface area contributed by atoms with Crippen molar-refractivity contribution < 1.29 is 0 Å². The Kier molecular flexibility index (Phi) is 6.66. The van der Waals surface area contributed by atoms with Crippen LogP contribution in [0, 0.1) is 0 Å². The maximum atomic E-state index is 4.95. The Morgan fingerprint density at radius 1 is 0.268 bits per heavy atom. The average molecular weight is 709 g/mol. The van der Waals surface area contributed by atoms with E-state index in [2.05, 4.69) is 169 Å². The summed E-state index contributed by atoms with van der Waals surface area (Å²) >= 11 is 0. The molecular formula is C54H32N2. The zero-order chi connectivity index (χ0) is 36.7. The van der Waals surface area contributed by atoms with E-state index < -0.39 is 0 Å². The largest absolute Gasteiger partial charge is 0.260 e. The van der Waals surface area contributed by atoms with Gasteiger partial charge >= 0.3 is 0 Å². The molecule has 1 heterocycles. The second kappa shape index (κ2) is 12.0. The number of benzene rings is 10. The molecule has 2 heteroatoms. The Hall–Kier alpha value is -7.42. The van der Waals surface area contributed by atoms with Crippen molar-refractivity contribution in [1.82, 2.24) is 9.97 Å². The average Bonchev–Trinajstić information content (AvgIpc) is 3.27. The third-order valence-electron chi connectivity index (χ3n) is 11.9. The van der Waals surface area contributed by atoms with E-state index >= 15 is 0 Å². The summed E-state index contributed by atoms with van der Waals surface area (Å²) in [5.41, 5.74) is 8.66. The lowest BCUT2D eigenvalue weighted by atomic mass is 9.85. The minimum atomic E-state index is 0.861. The maximum absolute atomic E-state index is 4.95. The number of aromatic nitrogens is 2. The highest BCUT2D eigenvalue weighted by molar-refractivity contribution is 6.37. The number of hydrogen-bond acceptors (Lipinski definition) is 2. The third-order valence-corrected chi connectivity index (χ3v) is 11.9. The predicted molar refractivity (Wildman–Crippen MR) is 238 cm³/mol. The molecule has 0 aliphatic carbocycles. The monoisotopic (exact) mass is 708 g/mol. The lowest BCUT2D eigenvalue weighted by molar-refractivity contribution is 1.21. The molecule has 12 rings (SSSR count). The quantitative estimate of drug-likeness (QED) is 0.170. The molecule has 0 amide bonds. The topological polar surface area (TPSA) is 25.8 Å². The zero-order valence-corrected chi connectivity index (χ0v) is 30.4. The first-order valence-corrected chi connectivity index (χ1v) is 19.2. The fourth-order valence-corrected chi connectivity index (χ4v) is 9.32. The lowest BCUT2D eigenvalue weighted by Gasteiger charge is -2.18. The molecular weight excluding hydrogens is 677 g/mol. The SMILES string of the molecule is c1ccc(-c2cncc(-c3ccc(-c4ccc(-c5cc6ccc7cccc8c9cccc%10ccc%11cccc(c(c5)c6c78)c%11c%109)c5ccccc45)cc3)n2)cc1. The van der Waals surface area contributed by atoms with Crippen molar-refractivity contribution in [2.75, 3.05) is 0 Å². The molecule has 11 aromatic carbocycles. The molecule has 0 saturated carbocycles. The second-order valence-corrected chi connectivity index (χ2v) is 14.9. The van der Waals surface area contributed by atoms with Gasteiger partial charge in [0, 0.05) is 11.1 Å². The van der Waals surface area contributed by atoms with Gasteiger partial charge in [0.15, 0.2) is 0 Å². The minimum Gasteiger partial charge on any atom is -0.260 e. The van der Waals surface area contributed by atoms with Gasteiger partial charge in [0.2, 0.25) is 0 Å². The van der Waals surface area contributed by atoms with E-state index in [0.29, 0.717) is 0 Å². The number of nitrogens with zero attached hydrogens (tertiary/aromatic N) is 2. The summed E-state index contributed by atoms with van der Waals surface area (Å²) in [4.78, 5) is 9.47. The van der Waals surface area contributed by atoms with Crippen molar-refractivity contribution in [3.63, 3.8) is 0 Å². The van der Waals surface area contributed by atoms with Crippen LogP contribution in [0.25, 0.3) is 120 Å². The summed E-state index contributed by atoms with van der Waals surface area (Å²) in [6, 6.07) is 66.9. The van der Waals surface area contributed by atoms with Gasteiger partial charge in [-0.2, -0.15) is 0 Å². The molecule has 56 heavy (non-hydrogen) atoms. The van der Waals surface area contributed by atoms with E-state index in [1.165, 1.54) is 97.7 Å².